The molecular weight excluding hydrogens is 226 g/mol. The van der Waals surface area contributed by atoms with Crippen molar-refractivity contribution in [3.63, 3.8) is 0 Å². The number of nitrogens with one attached hydrogen (secondary N) is 2. The summed E-state index contributed by atoms with van der Waals surface area (Å²) in [6, 6.07) is 0. The minimum Gasteiger partial charge on any atom is -0.492 e. The molecule has 0 radical (unpaired) electrons. The van der Waals surface area contributed by atoms with E-state index in [1.165, 1.54) is 18.4 Å². The Balaban J connectivity index is 3.00. The summed E-state index contributed by atoms with van der Waals surface area (Å²) in [5.41, 5.74) is 6.18. The summed E-state index contributed by atoms with van der Waals surface area (Å²) in [6.45, 7) is 3.93. The van der Waals surface area contributed by atoms with Gasteiger partial charge in [-0.25, -0.2) is 0 Å². The first-order valence-electron chi connectivity index (χ1n) is 4.68. The molecule has 4 N–H and O–H groups in total. The molecule has 5 nitrogen and oxygen atoms in total. The molecule has 0 atom stereocenters. The molecular formula is C10H15N3O2S. The molecule has 0 bridgehead atoms. The van der Waals surface area contributed by atoms with Crippen LogP contribution in [0.1, 0.15) is 9.67 Å². The highest BCUT2D eigenvalue weighted by molar-refractivity contribution is 7.19. The number of carbonyl (C=O) groups is 1. The molecule has 1 aromatic rings. The van der Waals surface area contributed by atoms with Crippen LogP contribution in [0.3, 0.4) is 0 Å². The maximum Gasteiger partial charge on any atom is 0.263 e. The zero-order valence-electron chi connectivity index (χ0n) is 9.29. The number of anilines is 2. The van der Waals surface area contributed by atoms with E-state index in [0.717, 1.165) is 5.00 Å². The van der Waals surface area contributed by atoms with Crippen LogP contribution in [-0.2, 0) is 0 Å². The van der Waals surface area contributed by atoms with Gasteiger partial charge in [0, 0.05) is 13.6 Å². The van der Waals surface area contributed by atoms with Gasteiger partial charge in [-0.05, 0) is 0 Å². The number of hydrogen-bond donors (Lipinski definition) is 3. The lowest BCUT2D eigenvalue weighted by Crippen LogP contribution is -2.22. The van der Waals surface area contributed by atoms with Crippen molar-refractivity contribution in [2.45, 2.75) is 0 Å². The van der Waals surface area contributed by atoms with Crippen molar-refractivity contribution in [1.29, 1.82) is 0 Å². The summed E-state index contributed by atoms with van der Waals surface area (Å²) in [6.07, 6.45) is 1.61. The molecule has 0 saturated heterocycles. The Morgan fingerprint density at radius 3 is 2.81 bits per heavy atom. The lowest BCUT2D eigenvalue weighted by Gasteiger charge is -2.02. The monoisotopic (exact) mass is 241 g/mol. The van der Waals surface area contributed by atoms with E-state index in [2.05, 4.69) is 17.2 Å². The van der Waals surface area contributed by atoms with E-state index in [4.69, 9.17) is 10.5 Å². The quantitative estimate of drug-likeness (QED) is 0.679. The van der Waals surface area contributed by atoms with Crippen LogP contribution in [0, 0.1) is 0 Å². The van der Waals surface area contributed by atoms with Gasteiger partial charge in [-0.15, -0.1) is 17.9 Å². The number of thiophene rings is 1. The third-order valence-electron chi connectivity index (χ3n) is 1.94. The number of amides is 1. The van der Waals surface area contributed by atoms with Crippen molar-refractivity contribution in [2.24, 2.45) is 0 Å². The first-order chi connectivity index (χ1) is 7.65. The van der Waals surface area contributed by atoms with Crippen LogP contribution < -0.4 is 21.1 Å². The molecule has 1 aromatic heterocycles. The molecule has 0 aliphatic heterocycles. The summed E-state index contributed by atoms with van der Waals surface area (Å²) in [5, 5.41) is 6.34. The van der Waals surface area contributed by atoms with E-state index in [0.29, 0.717) is 22.9 Å². The highest BCUT2D eigenvalue weighted by Gasteiger charge is 2.20. The second-order valence-electron chi connectivity index (χ2n) is 2.96. The van der Waals surface area contributed by atoms with Crippen LogP contribution in [0.5, 0.6) is 5.75 Å². The predicted molar refractivity (Wildman–Crippen MR) is 67.4 cm³/mol. The largest absolute Gasteiger partial charge is 0.492 e. The van der Waals surface area contributed by atoms with Crippen molar-refractivity contribution in [3.05, 3.63) is 17.5 Å². The molecule has 0 fully saturated rings. The third kappa shape index (κ3) is 2.27. The van der Waals surface area contributed by atoms with Gasteiger partial charge in [0.1, 0.15) is 15.6 Å². The Morgan fingerprint density at radius 2 is 2.38 bits per heavy atom. The minimum absolute atomic E-state index is 0.220. The molecule has 16 heavy (non-hydrogen) atoms. The van der Waals surface area contributed by atoms with Gasteiger partial charge < -0.3 is 21.1 Å². The molecule has 1 rings (SSSR count). The first-order valence-corrected chi connectivity index (χ1v) is 5.50. The predicted octanol–water partition coefficient (Wildman–Crippen LogP) is 1.30. The van der Waals surface area contributed by atoms with Crippen molar-refractivity contribution >= 4 is 27.9 Å². The van der Waals surface area contributed by atoms with Crippen LogP contribution in [0.25, 0.3) is 0 Å². The van der Waals surface area contributed by atoms with E-state index in [9.17, 15) is 4.79 Å². The van der Waals surface area contributed by atoms with Gasteiger partial charge in [-0.1, -0.05) is 6.08 Å². The average molecular weight is 241 g/mol. The smallest absolute Gasteiger partial charge is 0.263 e. The summed E-state index contributed by atoms with van der Waals surface area (Å²) in [4.78, 5) is 12.2. The standard InChI is InChI=1S/C10H15N3O2S/c1-4-5-13-9(14)8-6(11)7(15-3)10(12-2)16-8/h4,12H,1,5,11H2,2-3H3,(H,13,14). The topological polar surface area (TPSA) is 76.4 Å². The van der Waals surface area contributed by atoms with E-state index in [1.54, 1.807) is 13.1 Å². The van der Waals surface area contributed by atoms with Crippen molar-refractivity contribution in [2.75, 3.05) is 31.8 Å². The minimum atomic E-state index is -0.220. The van der Waals surface area contributed by atoms with Gasteiger partial charge in [-0.3, -0.25) is 4.79 Å². The summed E-state index contributed by atoms with van der Waals surface area (Å²) in [7, 11) is 3.27. The molecule has 0 unspecified atom stereocenters. The molecule has 0 aliphatic carbocycles. The molecule has 0 spiro atoms. The van der Waals surface area contributed by atoms with E-state index >= 15 is 0 Å². The number of hydrogen-bond acceptors (Lipinski definition) is 5. The first kappa shape index (κ1) is 12.4. The fraction of sp³-hybridized carbons (Fsp3) is 0.300. The zero-order valence-corrected chi connectivity index (χ0v) is 10.1. The average Bonchev–Trinajstić information content (AvgIpc) is 2.62. The molecule has 88 valence electrons. The highest BCUT2D eigenvalue weighted by atomic mass is 32.1. The third-order valence-corrected chi connectivity index (χ3v) is 3.15. The van der Waals surface area contributed by atoms with Gasteiger partial charge in [-0.2, -0.15) is 0 Å². The van der Waals surface area contributed by atoms with Crippen molar-refractivity contribution in [1.82, 2.24) is 5.32 Å². The Hall–Kier alpha value is -1.69. The zero-order chi connectivity index (χ0) is 12.1. The van der Waals surface area contributed by atoms with Gasteiger partial charge in [0.2, 0.25) is 0 Å². The molecule has 6 heteroatoms. The molecule has 0 saturated carbocycles. The van der Waals surface area contributed by atoms with Gasteiger partial charge in [0.05, 0.1) is 7.11 Å². The highest BCUT2D eigenvalue weighted by Crippen LogP contribution is 2.41. The van der Waals surface area contributed by atoms with Crippen LogP contribution >= 0.6 is 11.3 Å². The second-order valence-corrected chi connectivity index (χ2v) is 3.98. The Kier molecular flexibility index (Phi) is 4.19. The lowest BCUT2D eigenvalue weighted by molar-refractivity contribution is 0.0962. The fourth-order valence-corrected chi connectivity index (χ4v) is 2.17. The molecule has 1 heterocycles. The Labute approximate surface area is 98.3 Å². The van der Waals surface area contributed by atoms with Gasteiger partial charge in [0.25, 0.3) is 5.91 Å². The number of ether oxygens (including phenoxy) is 1. The Morgan fingerprint density at radius 1 is 1.69 bits per heavy atom. The Bertz CT molecular complexity index is 401. The van der Waals surface area contributed by atoms with Gasteiger partial charge in [0.15, 0.2) is 5.75 Å². The number of nitrogens with two attached hydrogens (primary N) is 1. The van der Waals surface area contributed by atoms with Crippen LogP contribution in [0.2, 0.25) is 0 Å². The van der Waals surface area contributed by atoms with E-state index in [-0.39, 0.29) is 5.91 Å². The number of nitrogen functional groups attached to an aromatic ring is 1. The number of methoxy groups -OCH3 is 1. The summed E-state index contributed by atoms with van der Waals surface area (Å²) < 4.78 is 5.13. The fourth-order valence-electron chi connectivity index (χ4n) is 1.21. The maximum atomic E-state index is 11.7. The molecule has 1 amide bonds. The van der Waals surface area contributed by atoms with E-state index in [1.807, 2.05) is 0 Å². The molecule has 0 aromatic carbocycles. The molecule has 0 aliphatic rings. The second kappa shape index (κ2) is 5.41. The van der Waals surface area contributed by atoms with Crippen molar-refractivity contribution in [3.8, 4) is 5.75 Å². The van der Waals surface area contributed by atoms with Crippen molar-refractivity contribution < 1.29 is 9.53 Å². The summed E-state index contributed by atoms with van der Waals surface area (Å²) in [5.74, 6) is 0.290. The van der Waals surface area contributed by atoms with Gasteiger partial charge >= 0.3 is 0 Å². The SMILES string of the molecule is C=CCNC(=O)c1sc(NC)c(OC)c1N. The summed E-state index contributed by atoms with van der Waals surface area (Å²) >= 11 is 1.26. The lowest BCUT2D eigenvalue weighted by atomic mass is 10.3. The normalized spacial score (nSPS) is 9.62. The van der Waals surface area contributed by atoms with Crippen LogP contribution in [0.15, 0.2) is 12.7 Å². The van der Waals surface area contributed by atoms with E-state index < -0.39 is 0 Å². The number of rotatable bonds is 5. The maximum absolute atomic E-state index is 11.7. The van der Waals surface area contributed by atoms with Crippen LogP contribution in [0.4, 0.5) is 10.7 Å². The van der Waals surface area contributed by atoms with Crippen LogP contribution in [-0.4, -0.2) is 26.6 Å². The number of carbonyl (C=O) groups excluding carboxylic acids is 1.